The number of urea groups is 1. The summed E-state index contributed by atoms with van der Waals surface area (Å²) in [5.74, 6) is -1.20. The highest BCUT2D eigenvalue weighted by atomic mass is 35.5. The highest BCUT2D eigenvalue weighted by Gasteiger charge is 2.23. The molecule has 2 aromatic rings. The van der Waals surface area contributed by atoms with Gasteiger partial charge in [-0.3, -0.25) is 0 Å². The Bertz CT molecular complexity index is 748. The van der Waals surface area contributed by atoms with Gasteiger partial charge in [0.05, 0.1) is 16.4 Å². The first-order valence-electron chi connectivity index (χ1n) is 7.55. The zero-order chi connectivity index (χ0) is 17.1. The van der Waals surface area contributed by atoms with E-state index in [1.807, 2.05) is 0 Å². The molecule has 1 N–H and O–H groups in total. The maximum atomic E-state index is 13.8. The first-order valence-corrected chi connectivity index (χ1v) is 7.93. The van der Waals surface area contributed by atoms with Gasteiger partial charge in [-0.1, -0.05) is 23.7 Å². The Labute approximate surface area is 143 Å². The number of benzene rings is 2. The Balaban J connectivity index is 1.60. The van der Waals surface area contributed by atoms with Crippen molar-refractivity contribution in [3.05, 3.63) is 59.1 Å². The summed E-state index contributed by atoms with van der Waals surface area (Å²) < 4.78 is 26.8. The summed E-state index contributed by atoms with van der Waals surface area (Å²) in [6, 6.07) is 10.3. The lowest BCUT2D eigenvalue weighted by Crippen LogP contribution is -2.50. The lowest BCUT2D eigenvalue weighted by atomic mass is 10.2. The first kappa shape index (κ1) is 16.5. The highest BCUT2D eigenvalue weighted by molar-refractivity contribution is 6.33. The number of rotatable bonds is 2. The fourth-order valence-electron chi connectivity index (χ4n) is 2.65. The van der Waals surface area contributed by atoms with Crippen molar-refractivity contribution in [3.8, 4) is 0 Å². The summed E-state index contributed by atoms with van der Waals surface area (Å²) in [5, 5.41) is 3.24. The zero-order valence-corrected chi connectivity index (χ0v) is 13.6. The second-order valence-corrected chi connectivity index (χ2v) is 5.89. The summed E-state index contributed by atoms with van der Waals surface area (Å²) in [7, 11) is 0. The largest absolute Gasteiger partial charge is 0.366 e. The number of para-hydroxylation sites is 1. The molecule has 0 radical (unpaired) electrons. The minimum absolute atomic E-state index is 0.248. The summed E-state index contributed by atoms with van der Waals surface area (Å²) in [6.07, 6.45) is 0. The monoisotopic (exact) mass is 351 g/mol. The third-order valence-corrected chi connectivity index (χ3v) is 4.26. The van der Waals surface area contributed by atoms with Gasteiger partial charge in [0.2, 0.25) is 0 Å². The number of halogens is 3. The minimum atomic E-state index is -0.603. The normalized spacial score (nSPS) is 14.6. The quantitative estimate of drug-likeness (QED) is 0.888. The molecule has 1 fully saturated rings. The van der Waals surface area contributed by atoms with Crippen molar-refractivity contribution in [2.75, 3.05) is 36.4 Å². The lowest BCUT2D eigenvalue weighted by Gasteiger charge is -2.36. The maximum Gasteiger partial charge on any atom is 0.322 e. The smallest absolute Gasteiger partial charge is 0.322 e. The number of nitrogens with zero attached hydrogens (tertiary/aromatic N) is 2. The summed E-state index contributed by atoms with van der Waals surface area (Å²) in [4.78, 5) is 15.7. The third kappa shape index (κ3) is 3.59. The van der Waals surface area contributed by atoms with Gasteiger partial charge in [0.1, 0.15) is 11.6 Å². The Hall–Kier alpha value is -2.34. The van der Waals surface area contributed by atoms with E-state index in [4.69, 9.17) is 11.6 Å². The molecule has 126 valence electrons. The average molecular weight is 352 g/mol. The molecule has 2 aromatic carbocycles. The molecule has 24 heavy (non-hydrogen) atoms. The zero-order valence-electron chi connectivity index (χ0n) is 12.8. The van der Waals surface area contributed by atoms with Gasteiger partial charge in [0.15, 0.2) is 0 Å². The first-order chi connectivity index (χ1) is 11.5. The molecule has 4 nitrogen and oxygen atoms in total. The average Bonchev–Trinajstić information content (AvgIpc) is 2.57. The van der Waals surface area contributed by atoms with E-state index >= 15 is 0 Å². The molecule has 1 heterocycles. The minimum Gasteiger partial charge on any atom is -0.366 e. The van der Waals surface area contributed by atoms with Crippen LogP contribution < -0.4 is 10.2 Å². The van der Waals surface area contributed by atoms with Gasteiger partial charge in [0, 0.05) is 32.2 Å². The van der Waals surface area contributed by atoms with Gasteiger partial charge in [-0.15, -0.1) is 0 Å². The van der Waals surface area contributed by atoms with Crippen LogP contribution in [-0.2, 0) is 0 Å². The molecule has 3 rings (SSSR count). The SMILES string of the molecule is O=C(Nc1ccccc1Cl)N1CCN(c2ccc(F)cc2F)CC1. The van der Waals surface area contributed by atoms with Crippen LogP contribution in [0.1, 0.15) is 0 Å². The molecule has 0 saturated carbocycles. The van der Waals surface area contributed by atoms with Gasteiger partial charge in [-0.05, 0) is 24.3 Å². The van der Waals surface area contributed by atoms with Gasteiger partial charge in [-0.25, -0.2) is 13.6 Å². The van der Waals surface area contributed by atoms with Gasteiger partial charge in [-0.2, -0.15) is 0 Å². The molecule has 0 spiro atoms. The number of piperazine rings is 1. The number of amides is 2. The van der Waals surface area contributed by atoms with Crippen LogP contribution >= 0.6 is 11.6 Å². The molecule has 0 atom stereocenters. The van der Waals surface area contributed by atoms with E-state index in [9.17, 15) is 13.6 Å². The number of carbonyl (C=O) groups is 1. The molecule has 0 unspecified atom stereocenters. The molecule has 1 aliphatic heterocycles. The number of hydrogen-bond donors (Lipinski definition) is 1. The maximum absolute atomic E-state index is 13.8. The van der Waals surface area contributed by atoms with Crippen LogP contribution in [0.2, 0.25) is 5.02 Å². The van der Waals surface area contributed by atoms with Crippen molar-refractivity contribution in [3.63, 3.8) is 0 Å². The second-order valence-electron chi connectivity index (χ2n) is 5.48. The fraction of sp³-hybridized carbons (Fsp3) is 0.235. The van der Waals surface area contributed by atoms with Crippen molar-refractivity contribution in [2.45, 2.75) is 0 Å². The number of anilines is 2. The van der Waals surface area contributed by atoms with Crippen LogP contribution in [0.3, 0.4) is 0 Å². The van der Waals surface area contributed by atoms with Crippen molar-refractivity contribution in [2.24, 2.45) is 0 Å². The number of carbonyl (C=O) groups excluding carboxylic acids is 1. The molecule has 0 aliphatic carbocycles. The van der Waals surface area contributed by atoms with E-state index in [1.54, 1.807) is 34.1 Å². The standard InChI is InChI=1S/C17H16ClF2N3O/c18-13-3-1-2-4-15(13)21-17(24)23-9-7-22(8-10-23)16-6-5-12(19)11-14(16)20/h1-6,11H,7-10H2,(H,21,24). The molecular weight excluding hydrogens is 336 g/mol. The molecule has 0 bridgehead atoms. The van der Waals surface area contributed by atoms with Crippen LogP contribution in [-0.4, -0.2) is 37.1 Å². The summed E-state index contributed by atoms with van der Waals surface area (Å²) in [6.45, 7) is 1.82. The molecule has 1 saturated heterocycles. The van der Waals surface area contributed by atoms with Crippen molar-refractivity contribution >= 4 is 29.0 Å². The molecule has 1 aliphatic rings. The van der Waals surface area contributed by atoms with Gasteiger partial charge in [0.25, 0.3) is 0 Å². The highest BCUT2D eigenvalue weighted by Crippen LogP contribution is 2.23. The Morgan fingerprint density at radius 2 is 1.75 bits per heavy atom. The van der Waals surface area contributed by atoms with Crippen molar-refractivity contribution < 1.29 is 13.6 Å². The van der Waals surface area contributed by atoms with E-state index in [-0.39, 0.29) is 6.03 Å². The fourth-order valence-corrected chi connectivity index (χ4v) is 2.83. The van der Waals surface area contributed by atoms with Crippen LogP contribution in [0.25, 0.3) is 0 Å². The predicted molar refractivity (Wildman–Crippen MR) is 90.6 cm³/mol. The molecule has 7 heteroatoms. The summed E-state index contributed by atoms with van der Waals surface area (Å²) in [5.41, 5.74) is 0.902. The van der Waals surface area contributed by atoms with Crippen LogP contribution in [0.15, 0.2) is 42.5 Å². The number of hydrogen-bond acceptors (Lipinski definition) is 2. The third-order valence-electron chi connectivity index (χ3n) is 3.93. The summed E-state index contributed by atoms with van der Waals surface area (Å²) >= 11 is 6.03. The van der Waals surface area contributed by atoms with Crippen molar-refractivity contribution in [1.82, 2.24) is 4.90 Å². The van der Waals surface area contributed by atoms with Crippen LogP contribution in [0, 0.1) is 11.6 Å². The molecule has 2 amide bonds. The molecular formula is C17H16ClF2N3O. The second kappa shape index (κ2) is 7.05. The topological polar surface area (TPSA) is 35.6 Å². The number of nitrogens with one attached hydrogen (secondary N) is 1. The Morgan fingerprint density at radius 1 is 1.04 bits per heavy atom. The van der Waals surface area contributed by atoms with Crippen LogP contribution in [0.5, 0.6) is 0 Å². The lowest BCUT2D eigenvalue weighted by molar-refractivity contribution is 0.208. The Kier molecular flexibility index (Phi) is 4.85. The van der Waals surface area contributed by atoms with Gasteiger partial charge < -0.3 is 15.1 Å². The van der Waals surface area contributed by atoms with E-state index in [0.29, 0.717) is 42.6 Å². The van der Waals surface area contributed by atoms with E-state index in [0.717, 1.165) is 6.07 Å². The van der Waals surface area contributed by atoms with E-state index < -0.39 is 11.6 Å². The van der Waals surface area contributed by atoms with Crippen molar-refractivity contribution in [1.29, 1.82) is 0 Å². The van der Waals surface area contributed by atoms with Crippen LogP contribution in [0.4, 0.5) is 25.0 Å². The van der Waals surface area contributed by atoms with Gasteiger partial charge >= 0.3 is 6.03 Å². The predicted octanol–water partition coefficient (Wildman–Crippen LogP) is 3.97. The Morgan fingerprint density at radius 3 is 2.42 bits per heavy atom. The molecule has 0 aromatic heterocycles. The van der Waals surface area contributed by atoms with E-state index in [2.05, 4.69) is 5.32 Å². The van der Waals surface area contributed by atoms with E-state index in [1.165, 1.54) is 12.1 Å².